The SMILES string of the molecule is C.C.CC.CC.CC.CC.CC.CC.CC.CC.CC(C)C.CC(C)C.CC=O.CC=O.CCc1ccccn1.CCc1ccccn1.CCc1ccccn1.CCc1ccccn1.CCc1ccccn1.CCc1ccccn1. The molecule has 6 aromatic heterocycles. The van der Waals surface area contributed by atoms with Crippen molar-refractivity contribution in [2.24, 2.45) is 11.8 Å². The van der Waals surface area contributed by atoms with Gasteiger partial charge in [0.05, 0.1) is 0 Å². The molecule has 0 aliphatic rings. The number of pyridine rings is 6. The van der Waals surface area contributed by atoms with E-state index >= 15 is 0 Å². The van der Waals surface area contributed by atoms with Crippen molar-refractivity contribution >= 4 is 12.6 Å². The molecule has 6 rings (SSSR count). The maximum absolute atomic E-state index is 8.81. The first-order valence-corrected chi connectivity index (χ1v) is 30.1. The summed E-state index contributed by atoms with van der Waals surface area (Å²) in [4.78, 5) is 42.2. The quantitative estimate of drug-likeness (QED) is 0.152. The first kappa shape index (κ1) is 110. The van der Waals surface area contributed by atoms with Gasteiger partial charge < -0.3 is 9.59 Å². The van der Waals surface area contributed by atoms with Crippen molar-refractivity contribution in [3.8, 4) is 0 Å². The van der Waals surface area contributed by atoms with E-state index in [-0.39, 0.29) is 14.9 Å². The van der Waals surface area contributed by atoms with Crippen molar-refractivity contribution in [1.82, 2.24) is 29.9 Å². The Morgan fingerprint density at radius 2 is 0.362 bits per heavy atom. The van der Waals surface area contributed by atoms with Gasteiger partial charge in [-0.05, 0) is 137 Å². The lowest BCUT2D eigenvalue weighted by Crippen LogP contribution is -1.81. The fourth-order valence-electron chi connectivity index (χ4n) is 3.64. The standard InChI is InChI=1S/6C7H9N.2C4H10.2C2H4O.8C2H6.2CH4/c6*1-2-7-5-3-4-6-8-7;2*1-4(2)3;2*1-2-3;8*1-2;;/h6*3-6H,2H2,1H3;2*4H,1-3H3;2*2H,1H3;8*1-2H3;2*1H4. The Morgan fingerprint density at radius 3 is 0.400 bits per heavy atom. The van der Waals surface area contributed by atoms with Crippen molar-refractivity contribution in [3.63, 3.8) is 0 Å². The Hall–Kier alpha value is -5.76. The van der Waals surface area contributed by atoms with Crippen LogP contribution in [0, 0.1) is 11.8 Å². The molecule has 468 valence electrons. The van der Waals surface area contributed by atoms with Crippen molar-refractivity contribution in [2.45, 2.75) is 261 Å². The molecule has 0 spiro atoms. The van der Waals surface area contributed by atoms with Crippen LogP contribution >= 0.6 is 0 Å². The van der Waals surface area contributed by atoms with Gasteiger partial charge in [0.15, 0.2) is 0 Å². The Labute approximate surface area is 503 Å². The summed E-state index contributed by atoms with van der Waals surface area (Å²) in [6.45, 7) is 60.5. The minimum absolute atomic E-state index is 0. The summed E-state index contributed by atoms with van der Waals surface area (Å²) in [5.74, 6) is 1.67. The molecule has 0 aliphatic heterocycles. The van der Waals surface area contributed by atoms with Gasteiger partial charge in [0, 0.05) is 71.3 Å². The fourth-order valence-corrected chi connectivity index (χ4v) is 3.64. The summed E-state index contributed by atoms with van der Waals surface area (Å²) in [6, 6.07) is 35.8. The highest BCUT2D eigenvalue weighted by Gasteiger charge is 1.85. The molecule has 0 radical (unpaired) electrons. The monoisotopic (exact) mass is 1120 g/mol. The van der Waals surface area contributed by atoms with Gasteiger partial charge in [0.2, 0.25) is 0 Å². The highest BCUT2D eigenvalue weighted by atomic mass is 16.1. The van der Waals surface area contributed by atoms with Gasteiger partial charge in [-0.3, -0.25) is 29.9 Å². The lowest BCUT2D eigenvalue weighted by molar-refractivity contribution is -0.106. The summed E-state index contributed by atoms with van der Waals surface area (Å²) < 4.78 is 0. The predicted octanol–water partition coefficient (Wildman–Crippen LogP) is 23.1. The minimum atomic E-state index is 0. The summed E-state index contributed by atoms with van der Waals surface area (Å²) in [6.07, 6.45) is 18.6. The average molecular weight is 1120 g/mol. The highest BCUT2D eigenvalue weighted by molar-refractivity contribution is 5.44. The van der Waals surface area contributed by atoms with Crippen LogP contribution in [-0.4, -0.2) is 42.5 Å². The number of nitrogens with zero attached hydrogens (tertiary/aromatic N) is 6. The largest absolute Gasteiger partial charge is 0.304 e. The Morgan fingerprint density at radius 1 is 0.275 bits per heavy atom. The van der Waals surface area contributed by atoms with Gasteiger partial charge in [-0.2, -0.15) is 0 Å². The summed E-state index contributed by atoms with van der Waals surface area (Å²) in [7, 11) is 0. The van der Waals surface area contributed by atoms with Crippen LogP contribution in [0.1, 0.15) is 257 Å². The normalized spacial score (nSPS) is 7.30. The number of hydrogen-bond donors (Lipinski definition) is 0. The zero-order chi connectivity index (χ0) is 63.5. The first-order valence-electron chi connectivity index (χ1n) is 30.1. The second kappa shape index (κ2) is 121. The van der Waals surface area contributed by atoms with Crippen LogP contribution in [-0.2, 0) is 48.1 Å². The molecule has 0 aromatic carbocycles. The molecule has 0 aliphatic carbocycles. The van der Waals surface area contributed by atoms with Gasteiger partial charge in [-0.15, -0.1) is 0 Å². The topological polar surface area (TPSA) is 111 Å². The Kier molecular flexibility index (Phi) is 166. The number of carbonyl (C=O) groups excluding carboxylic acids is 2. The first-order chi connectivity index (χ1) is 37.9. The molecule has 0 fully saturated rings. The molecule has 0 amide bonds. The number of carbonyl (C=O) groups is 2. The molecule has 0 unspecified atom stereocenters. The molecule has 0 atom stereocenters. The van der Waals surface area contributed by atoms with Crippen LogP contribution in [0.2, 0.25) is 0 Å². The molecule has 6 heterocycles. The zero-order valence-electron chi connectivity index (χ0n) is 56.9. The van der Waals surface area contributed by atoms with Crippen molar-refractivity contribution in [3.05, 3.63) is 181 Å². The molecule has 0 saturated carbocycles. The van der Waals surface area contributed by atoms with E-state index in [1.54, 1.807) is 0 Å². The van der Waals surface area contributed by atoms with Gasteiger partial charge >= 0.3 is 0 Å². The summed E-state index contributed by atoms with van der Waals surface area (Å²) >= 11 is 0. The van der Waals surface area contributed by atoms with Crippen molar-refractivity contribution in [1.29, 1.82) is 0 Å². The van der Waals surface area contributed by atoms with Gasteiger partial charge in [-0.1, -0.05) is 245 Å². The molecule has 0 saturated heterocycles. The lowest BCUT2D eigenvalue weighted by atomic mass is 10.3. The summed E-state index contributed by atoms with van der Waals surface area (Å²) in [5.41, 5.74) is 6.96. The van der Waals surface area contributed by atoms with E-state index in [1.165, 1.54) is 13.8 Å². The number of aldehydes is 2. The Balaban J connectivity index is -0.0000000495. The fraction of sp³-hybridized carbons (Fsp3) is 0.556. The van der Waals surface area contributed by atoms with E-state index in [4.69, 9.17) is 9.59 Å². The van der Waals surface area contributed by atoms with E-state index in [1.807, 2.05) is 257 Å². The summed E-state index contributed by atoms with van der Waals surface area (Å²) in [5, 5.41) is 0. The van der Waals surface area contributed by atoms with E-state index in [2.05, 4.69) is 113 Å². The van der Waals surface area contributed by atoms with E-state index in [0.717, 1.165) is 97.1 Å². The van der Waals surface area contributed by atoms with Crippen molar-refractivity contribution in [2.75, 3.05) is 0 Å². The van der Waals surface area contributed by atoms with Gasteiger partial charge in [0.25, 0.3) is 0 Å². The molecular formula is C72H138N6O2. The molecule has 0 bridgehead atoms. The second-order valence-corrected chi connectivity index (χ2v) is 14.0. The maximum Gasteiger partial charge on any atom is 0.116 e. The van der Waals surface area contributed by atoms with Gasteiger partial charge in [0.1, 0.15) is 12.6 Å². The molecule has 8 nitrogen and oxygen atoms in total. The number of hydrogen-bond acceptors (Lipinski definition) is 8. The van der Waals surface area contributed by atoms with Crippen LogP contribution in [0.25, 0.3) is 0 Å². The van der Waals surface area contributed by atoms with Crippen LogP contribution in [0.4, 0.5) is 0 Å². The number of rotatable bonds is 6. The van der Waals surface area contributed by atoms with Crippen molar-refractivity contribution < 1.29 is 9.59 Å². The van der Waals surface area contributed by atoms with E-state index in [0.29, 0.717) is 0 Å². The molecule has 80 heavy (non-hydrogen) atoms. The predicted molar refractivity (Wildman–Crippen MR) is 370 cm³/mol. The lowest BCUT2D eigenvalue weighted by Gasteiger charge is -1.88. The second-order valence-electron chi connectivity index (χ2n) is 14.0. The molecule has 6 aromatic rings. The molecular weight excluding hydrogens is 981 g/mol. The molecule has 0 N–H and O–H groups in total. The van der Waals surface area contributed by atoms with Crippen LogP contribution in [0.3, 0.4) is 0 Å². The van der Waals surface area contributed by atoms with Crippen LogP contribution in [0.15, 0.2) is 146 Å². The van der Waals surface area contributed by atoms with Crippen LogP contribution in [0.5, 0.6) is 0 Å². The van der Waals surface area contributed by atoms with E-state index in [9.17, 15) is 0 Å². The average Bonchev–Trinajstić information content (AvgIpc) is 3.53. The molecule has 8 heteroatoms. The minimum Gasteiger partial charge on any atom is -0.304 e. The smallest absolute Gasteiger partial charge is 0.116 e. The third-order valence-electron chi connectivity index (χ3n) is 6.53. The number of aryl methyl sites for hydroxylation is 6. The number of aromatic nitrogens is 6. The highest BCUT2D eigenvalue weighted by Crippen LogP contribution is 1.95. The third kappa shape index (κ3) is 125. The maximum atomic E-state index is 8.81. The Bertz CT molecular complexity index is 1370. The van der Waals surface area contributed by atoms with Crippen LogP contribution < -0.4 is 0 Å². The van der Waals surface area contributed by atoms with E-state index < -0.39 is 0 Å². The van der Waals surface area contributed by atoms with Gasteiger partial charge in [-0.25, -0.2) is 0 Å². The zero-order valence-corrected chi connectivity index (χ0v) is 56.9. The third-order valence-corrected chi connectivity index (χ3v) is 6.53.